The Morgan fingerprint density at radius 1 is 1.17 bits per heavy atom. The first-order valence-corrected chi connectivity index (χ1v) is 7.65. The first kappa shape index (κ1) is 13.5. The Kier molecular flexibility index (Phi) is 3.28. The molecule has 0 aliphatic carbocycles. The first-order valence-electron chi connectivity index (χ1n) is 6.77. The summed E-state index contributed by atoms with van der Waals surface area (Å²) in [7, 11) is 0. The number of carbonyl (C=O) groups is 1. The molecule has 0 saturated heterocycles. The predicted octanol–water partition coefficient (Wildman–Crippen LogP) is 2.50. The van der Waals surface area contributed by atoms with Gasteiger partial charge in [0.15, 0.2) is 0 Å². The first-order chi connectivity index (χ1) is 11.3. The highest BCUT2D eigenvalue weighted by molar-refractivity contribution is 7.13. The van der Waals surface area contributed by atoms with E-state index in [0.29, 0.717) is 16.5 Å². The molecule has 0 aliphatic heterocycles. The van der Waals surface area contributed by atoms with Gasteiger partial charge in [-0.25, -0.2) is 4.98 Å². The molecule has 0 radical (unpaired) electrons. The van der Waals surface area contributed by atoms with Crippen molar-refractivity contribution in [2.75, 3.05) is 5.32 Å². The predicted molar refractivity (Wildman–Crippen MR) is 86.3 cm³/mol. The van der Waals surface area contributed by atoms with Gasteiger partial charge in [-0.05, 0) is 24.3 Å². The molecule has 4 aromatic heterocycles. The van der Waals surface area contributed by atoms with Crippen molar-refractivity contribution in [2.24, 2.45) is 0 Å². The lowest BCUT2D eigenvalue weighted by molar-refractivity contribution is 0.102. The van der Waals surface area contributed by atoms with Crippen molar-refractivity contribution in [1.29, 1.82) is 0 Å². The van der Waals surface area contributed by atoms with Gasteiger partial charge in [0.05, 0.1) is 5.69 Å². The number of nitrogens with zero attached hydrogens (tertiary/aromatic N) is 5. The molecule has 0 unspecified atom stereocenters. The maximum atomic E-state index is 12.2. The zero-order valence-corrected chi connectivity index (χ0v) is 12.6. The van der Waals surface area contributed by atoms with Crippen molar-refractivity contribution < 1.29 is 4.79 Å². The molecule has 4 heterocycles. The molecule has 0 aliphatic rings. The minimum absolute atomic E-state index is 0.315. The van der Waals surface area contributed by atoms with E-state index < -0.39 is 0 Å². The summed E-state index contributed by atoms with van der Waals surface area (Å²) in [6, 6.07) is 9.51. The number of anilines is 1. The summed E-state index contributed by atoms with van der Waals surface area (Å²) in [5.74, 6) is -0.315. The summed E-state index contributed by atoms with van der Waals surface area (Å²) in [5, 5.41) is 10.6. The fourth-order valence-corrected chi connectivity index (χ4v) is 2.61. The third-order valence-electron chi connectivity index (χ3n) is 3.22. The standard InChI is InChI=1S/C15H10N6OS/c22-14(19-15-20-17-9-23-15)12-8-21-7-10(4-5-13(21)18-12)11-3-1-2-6-16-11/h1-9H,(H,19,20,22). The number of nitrogens with one attached hydrogen (secondary N) is 1. The largest absolute Gasteiger partial charge is 0.306 e. The van der Waals surface area contributed by atoms with E-state index in [4.69, 9.17) is 0 Å². The maximum absolute atomic E-state index is 12.2. The summed E-state index contributed by atoms with van der Waals surface area (Å²) in [6.45, 7) is 0. The van der Waals surface area contributed by atoms with Gasteiger partial charge in [0.25, 0.3) is 5.91 Å². The third kappa shape index (κ3) is 2.67. The fourth-order valence-electron chi connectivity index (χ4n) is 2.17. The lowest BCUT2D eigenvalue weighted by atomic mass is 10.2. The second-order valence-electron chi connectivity index (χ2n) is 4.72. The quantitative estimate of drug-likeness (QED) is 0.626. The van der Waals surface area contributed by atoms with Crippen molar-refractivity contribution in [2.45, 2.75) is 0 Å². The molecule has 0 atom stereocenters. The van der Waals surface area contributed by atoms with Gasteiger partial charge in [0.1, 0.15) is 16.9 Å². The topological polar surface area (TPSA) is 85.1 Å². The van der Waals surface area contributed by atoms with E-state index in [0.717, 1.165) is 11.3 Å². The number of amides is 1. The number of hydrogen-bond donors (Lipinski definition) is 1. The second kappa shape index (κ2) is 5.58. The minimum atomic E-state index is -0.315. The molecule has 1 N–H and O–H groups in total. The number of pyridine rings is 2. The Morgan fingerprint density at radius 3 is 2.91 bits per heavy atom. The summed E-state index contributed by atoms with van der Waals surface area (Å²) < 4.78 is 1.80. The number of imidazole rings is 1. The molecule has 23 heavy (non-hydrogen) atoms. The highest BCUT2D eigenvalue weighted by Crippen LogP contribution is 2.18. The van der Waals surface area contributed by atoms with Crippen LogP contribution >= 0.6 is 11.3 Å². The Labute approximate surface area is 134 Å². The van der Waals surface area contributed by atoms with E-state index in [1.165, 1.54) is 11.3 Å². The Morgan fingerprint density at radius 2 is 2.13 bits per heavy atom. The molecular formula is C15H10N6OS. The number of aromatic nitrogens is 5. The van der Waals surface area contributed by atoms with Crippen LogP contribution in [0.4, 0.5) is 5.13 Å². The van der Waals surface area contributed by atoms with Gasteiger partial charge in [-0.15, -0.1) is 10.2 Å². The van der Waals surface area contributed by atoms with Gasteiger partial charge in [-0.1, -0.05) is 17.4 Å². The molecule has 0 aromatic carbocycles. The highest BCUT2D eigenvalue weighted by Gasteiger charge is 2.13. The van der Waals surface area contributed by atoms with Gasteiger partial charge in [-0.2, -0.15) is 0 Å². The monoisotopic (exact) mass is 322 g/mol. The lowest BCUT2D eigenvalue weighted by Crippen LogP contribution is -2.12. The van der Waals surface area contributed by atoms with Crippen LogP contribution in [-0.4, -0.2) is 30.5 Å². The highest BCUT2D eigenvalue weighted by atomic mass is 32.1. The summed E-state index contributed by atoms with van der Waals surface area (Å²) in [4.78, 5) is 20.8. The normalized spacial score (nSPS) is 10.8. The fraction of sp³-hybridized carbons (Fsp3) is 0. The average molecular weight is 322 g/mol. The molecular weight excluding hydrogens is 312 g/mol. The van der Waals surface area contributed by atoms with Crippen LogP contribution in [0, 0.1) is 0 Å². The summed E-state index contributed by atoms with van der Waals surface area (Å²) in [6.07, 6.45) is 5.32. The number of hydrogen-bond acceptors (Lipinski definition) is 6. The minimum Gasteiger partial charge on any atom is -0.306 e. The zero-order valence-electron chi connectivity index (χ0n) is 11.7. The van der Waals surface area contributed by atoms with E-state index in [1.807, 2.05) is 36.5 Å². The smallest absolute Gasteiger partial charge is 0.277 e. The molecule has 7 nitrogen and oxygen atoms in total. The van der Waals surface area contributed by atoms with Gasteiger partial charge < -0.3 is 4.40 Å². The van der Waals surface area contributed by atoms with Gasteiger partial charge in [0.2, 0.25) is 5.13 Å². The molecule has 8 heteroatoms. The maximum Gasteiger partial charge on any atom is 0.277 e. The average Bonchev–Trinajstić information content (AvgIpc) is 3.24. The SMILES string of the molecule is O=C(Nc1nncs1)c1cn2cc(-c3ccccn3)ccc2n1. The number of fused-ring (bicyclic) bond motifs is 1. The zero-order chi connectivity index (χ0) is 15.6. The van der Waals surface area contributed by atoms with Crippen LogP contribution in [0.5, 0.6) is 0 Å². The van der Waals surface area contributed by atoms with E-state index in [-0.39, 0.29) is 5.91 Å². The molecule has 0 bridgehead atoms. The van der Waals surface area contributed by atoms with Crippen LogP contribution < -0.4 is 5.32 Å². The van der Waals surface area contributed by atoms with Crippen LogP contribution in [0.25, 0.3) is 16.9 Å². The molecule has 112 valence electrons. The van der Waals surface area contributed by atoms with E-state index >= 15 is 0 Å². The molecule has 4 rings (SSSR count). The van der Waals surface area contributed by atoms with Crippen molar-refractivity contribution >= 4 is 28.0 Å². The van der Waals surface area contributed by atoms with Crippen molar-refractivity contribution in [3.05, 3.63) is 60.1 Å². The number of carbonyl (C=O) groups excluding carboxylic acids is 1. The van der Waals surface area contributed by atoms with E-state index in [9.17, 15) is 4.79 Å². The lowest BCUT2D eigenvalue weighted by Gasteiger charge is -2.00. The van der Waals surface area contributed by atoms with Gasteiger partial charge in [-0.3, -0.25) is 15.1 Å². The second-order valence-corrected chi connectivity index (χ2v) is 5.56. The summed E-state index contributed by atoms with van der Waals surface area (Å²) in [5.41, 5.74) is 4.37. The van der Waals surface area contributed by atoms with Crippen LogP contribution in [-0.2, 0) is 0 Å². The van der Waals surface area contributed by atoms with E-state index in [2.05, 4.69) is 25.5 Å². The van der Waals surface area contributed by atoms with Gasteiger partial charge >= 0.3 is 0 Å². The molecule has 4 aromatic rings. The van der Waals surface area contributed by atoms with Crippen molar-refractivity contribution in [3.63, 3.8) is 0 Å². The number of rotatable bonds is 3. The van der Waals surface area contributed by atoms with Crippen molar-refractivity contribution in [1.82, 2.24) is 24.6 Å². The van der Waals surface area contributed by atoms with Crippen LogP contribution in [0.2, 0.25) is 0 Å². The Bertz CT molecular complexity index is 964. The van der Waals surface area contributed by atoms with E-state index in [1.54, 1.807) is 22.3 Å². The molecule has 0 saturated carbocycles. The van der Waals surface area contributed by atoms with Crippen LogP contribution in [0.15, 0.2) is 54.4 Å². The van der Waals surface area contributed by atoms with Crippen LogP contribution in [0.1, 0.15) is 10.5 Å². The molecule has 1 amide bonds. The van der Waals surface area contributed by atoms with Gasteiger partial charge in [0, 0.05) is 24.2 Å². The van der Waals surface area contributed by atoms with Crippen LogP contribution in [0.3, 0.4) is 0 Å². The summed E-state index contributed by atoms with van der Waals surface area (Å²) >= 11 is 1.26. The third-order valence-corrected chi connectivity index (χ3v) is 3.83. The molecule has 0 fully saturated rings. The Hall–Kier alpha value is -3.13. The Balaban J connectivity index is 1.67. The van der Waals surface area contributed by atoms with Crippen molar-refractivity contribution in [3.8, 4) is 11.3 Å². The molecule has 0 spiro atoms.